The molecule has 3 atom stereocenters. The van der Waals surface area contributed by atoms with E-state index in [1.54, 1.807) is 6.92 Å². The standard InChI is InChI=1S/C26H32N2O6/c1-4-9-17(14-23(29)28-24(25(30)31)16(2)33-3)27-26(32)34-15-22-20-12-7-5-10-18(20)19-11-6-8-13-21(19)22/h5-8,10-13,16-17,22,24H,4,9,14-15H2,1-3H3,(H,27,32)(H,28,29)(H,30,31). The molecular formula is C26H32N2O6. The van der Waals surface area contributed by atoms with Gasteiger partial charge in [0.25, 0.3) is 0 Å². The van der Waals surface area contributed by atoms with Gasteiger partial charge in [-0.05, 0) is 35.6 Å². The first-order chi connectivity index (χ1) is 16.3. The first-order valence-corrected chi connectivity index (χ1v) is 11.5. The van der Waals surface area contributed by atoms with Crippen LogP contribution >= 0.6 is 0 Å². The van der Waals surface area contributed by atoms with Crippen molar-refractivity contribution in [3.63, 3.8) is 0 Å². The SMILES string of the molecule is CCCC(CC(=O)NC(C(=O)O)C(C)OC)NC(=O)OCC1c2ccccc2-c2ccccc21. The summed E-state index contributed by atoms with van der Waals surface area (Å²) in [5, 5.41) is 14.6. The molecule has 0 saturated carbocycles. The number of carboxylic acids is 1. The van der Waals surface area contributed by atoms with Crippen molar-refractivity contribution in [3.8, 4) is 11.1 Å². The van der Waals surface area contributed by atoms with Gasteiger partial charge in [0.05, 0.1) is 6.10 Å². The molecule has 3 rings (SSSR count). The molecule has 182 valence electrons. The van der Waals surface area contributed by atoms with Gasteiger partial charge in [-0.25, -0.2) is 9.59 Å². The fourth-order valence-corrected chi connectivity index (χ4v) is 4.35. The van der Waals surface area contributed by atoms with Gasteiger partial charge in [-0.3, -0.25) is 4.79 Å². The van der Waals surface area contributed by atoms with Gasteiger partial charge in [-0.15, -0.1) is 0 Å². The third-order valence-electron chi connectivity index (χ3n) is 6.16. The molecule has 1 aliphatic rings. The minimum absolute atomic E-state index is 0.0573. The van der Waals surface area contributed by atoms with E-state index in [-0.39, 0.29) is 18.9 Å². The van der Waals surface area contributed by atoms with Gasteiger partial charge < -0.3 is 25.2 Å². The van der Waals surface area contributed by atoms with Crippen LogP contribution in [0.25, 0.3) is 11.1 Å². The zero-order valence-corrected chi connectivity index (χ0v) is 19.7. The van der Waals surface area contributed by atoms with Crippen LogP contribution in [0.3, 0.4) is 0 Å². The van der Waals surface area contributed by atoms with Crippen molar-refractivity contribution in [3.05, 3.63) is 59.7 Å². The van der Waals surface area contributed by atoms with Crippen LogP contribution in [0.4, 0.5) is 4.79 Å². The van der Waals surface area contributed by atoms with Crippen molar-refractivity contribution in [2.75, 3.05) is 13.7 Å². The largest absolute Gasteiger partial charge is 0.480 e. The van der Waals surface area contributed by atoms with E-state index in [4.69, 9.17) is 9.47 Å². The number of aliphatic carboxylic acids is 1. The Bertz CT molecular complexity index is 978. The van der Waals surface area contributed by atoms with E-state index in [0.717, 1.165) is 28.7 Å². The average molecular weight is 469 g/mol. The molecule has 0 bridgehead atoms. The van der Waals surface area contributed by atoms with Crippen molar-refractivity contribution in [2.45, 2.75) is 57.2 Å². The number of carboxylic acid groups (broad SMARTS) is 1. The molecule has 0 aliphatic heterocycles. The summed E-state index contributed by atoms with van der Waals surface area (Å²) in [6.45, 7) is 3.69. The van der Waals surface area contributed by atoms with E-state index in [2.05, 4.69) is 22.8 Å². The molecule has 34 heavy (non-hydrogen) atoms. The zero-order chi connectivity index (χ0) is 24.7. The summed E-state index contributed by atoms with van der Waals surface area (Å²) in [6, 6.07) is 14.5. The molecule has 8 heteroatoms. The molecule has 8 nitrogen and oxygen atoms in total. The fourth-order valence-electron chi connectivity index (χ4n) is 4.35. The van der Waals surface area contributed by atoms with Gasteiger partial charge in [0.2, 0.25) is 5.91 Å². The van der Waals surface area contributed by atoms with Crippen LogP contribution in [0.1, 0.15) is 50.2 Å². The number of ether oxygens (including phenoxy) is 2. The van der Waals surface area contributed by atoms with E-state index in [1.165, 1.54) is 7.11 Å². The maximum atomic E-state index is 12.6. The number of alkyl carbamates (subject to hydrolysis) is 1. The number of benzene rings is 2. The average Bonchev–Trinajstić information content (AvgIpc) is 3.14. The zero-order valence-electron chi connectivity index (χ0n) is 19.7. The number of methoxy groups -OCH3 is 1. The quantitative estimate of drug-likeness (QED) is 0.464. The molecular weight excluding hydrogens is 436 g/mol. The molecule has 3 N–H and O–H groups in total. The number of hydrogen-bond acceptors (Lipinski definition) is 5. The van der Waals surface area contributed by atoms with Crippen LogP contribution in [0.5, 0.6) is 0 Å². The predicted molar refractivity (Wildman–Crippen MR) is 128 cm³/mol. The topological polar surface area (TPSA) is 114 Å². The Kier molecular flexibility index (Phi) is 8.65. The Labute approximate surface area is 199 Å². The number of nitrogens with one attached hydrogen (secondary N) is 2. The molecule has 1 aliphatic carbocycles. The Balaban J connectivity index is 1.59. The summed E-state index contributed by atoms with van der Waals surface area (Å²) < 4.78 is 10.6. The molecule has 0 heterocycles. The van der Waals surface area contributed by atoms with Gasteiger partial charge in [0, 0.05) is 25.5 Å². The van der Waals surface area contributed by atoms with Gasteiger partial charge in [0.1, 0.15) is 6.61 Å². The number of carbonyl (C=O) groups excluding carboxylic acids is 2. The molecule has 2 aromatic carbocycles. The molecule has 0 radical (unpaired) electrons. The van der Waals surface area contributed by atoms with Crippen LogP contribution < -0.4 is 10.6 Å². The Morgan fingerprint density at radius 2 is 1.59 bits per heavy atom. The first kappa shape index (κ1) is 25.2. The van der Waals surface area contributed by atoms with Gasteiger partial charge >= 0.3 is 12.1 Å². The van der Waals surface area contributed by atoms with Crippen LogP contribution in [0, 0.1) is 0 Å². The Morgan fingerprint density at radius 3 is 2.12 bits per heavy atom. The lowest BCUT2D eigenvalue weighted by Crippen LogP contribution is -2.50. The minimum atomic E-state index is -1.18. The van der Waals surface area contributed by atoms with E-state index in [1.807, 2.05) is 43.3 Å². The summed E-state index contributed by atoms with van der Waals surface area (Å²) >= 11 is 0. The second kappa shape index (κ2) is 11.7. The molecule has 0 spiro atoms. The normalized spacial score (nSPS) is 14.9. The van der Waals surface area contributed by atoms with E-state index in [0.29, 0.717) is 6.42 Å². The molecule has 2 aromatic rings. The highest BCUT2D eigenvalue weighted by Gasteiger charge is 2.30. The lowest BCUT2D eigenvalue weighted by Gasteiger charge is -2.23. The number of carbonyl (C=O) groups is 3. The fraction of sp³-hybridized carbons (Fsp3) is 0.423. The summed E-state index contributed by atoms with van der Waals surface area (Å²) in [4.78, 5) is 36.5. The van der Waals surface area contributed by atoms with Crippen molar-refractivity contribution in [1.29, 1.82) is 0 Å². The highest BCUT2D eigenvalue weighted by molar-refractivity contribution is 5.84. The lowest BCUT2D eigenvalue weighted by atomic mass is 9.98. The van der Waals surface area contributed by atoms with Crippen LogP contribution in [-0.2, 0) is 19.1 Å². The number of amides is 2. The predicted octanol–water partition coefficient (Wildman–Crippen LogP) is 3.69. The third-order valence-corrected chi connectivity index (χ3v) is 6.16. The summed E-state index contributed by atoms with van der Waals surface area (Å²) in [5.41, 5.74) is 4.53. The summed E-state index contributed by atoms with van der Waals surface area (Å²) in [6.07, 6.45) is -0.0689. The maximum Gasteiger partial charge on any atom is 0.407 e. The van der Waals surface area contributed by atoms with Crippen LogP contribution in [0.2, 0.25) is 0 Å². The molecule has 0 fully saturated rings. The minimum Gasteiger partial charge on any atom is -0.480 e. The van der Waals surface area contributed by atoms with Crippen LogP contribution in [0.15, 0.2) is 48.5 Å². The Hall–Kier alpha value is -3.39. The number of fused-ring (bicyclic) bond motifs is 3. The highest BCUT2D eigenvalue weighted by Crippen LogP contribution is 2.44. The monoisotopic (exact) mass is 468 g/mol. The summed E-state index contributed by atoms with van der Waals surface area (Å²) in [7, 11) is 1.38. The molecule has 3 unspecified atom stereocenters. The van der Waals surface area contributed by atoms with E-state index < -0.39 is 36.2 Å². The van der Waals surface area contributed by atoms with Gasteiger partial charge in [0.15, 0.2) is 6.04 Å². The van der Waals surface area contributed by atoms with E-state index in [9.17, 15) is 19.5 Å². The lowest BCUT2D eigenvalue weighted by molar-refractivity contribution is -0.145. The second-order valence-corrected chi connectivity index (χ2v) is 8.48. The van der Waals surface area contributed by atoms with Crippen molar-refractivity contribution < 1.29 is 29.0 Å². The van der Waals surface area contributed by atoms with E-state index >= 15 is 0 Å². The smallest absolute Gasteiger partial charge is 0.407 e. The highest BCUT2D eigenvalue weighted by atomic mass is 16.5. The summed E-state index contributed by atoms with van der Waals surface area (Å²) in [5.74, 6) is -1.72. The molecule has 2 amide bonds. The van der Waals surface area contributed by atoms with Crippen molar-refractivity contribution in [1.82, 2.24) is 10.6 Å². The van der Waals surface area contributed by atoms with Crippen LogP contribution in [-0.4, -0.2) is 55.0 Å². The first-order valence-electron chi connectivity index (χ1n) is 11.5. The van der Waals surface area contributed by atoms with Crippen molar-refractivity contribution >= 4 is 18.0 Å². The maximum absolute atomic E-state index is 12.6. The van der Waals surface area contributed by atoms with Gasteiger partial charge in [-0.2, -0.15) is 0 Å². The van der Waals surface area contributed by atoms with Crippen molar-refractivity contribution in [2.24, 2.45) is 0 Å². The second-order valence-electron chi connectivity index (χ2n) is 8.48. The molecule has 0 saturated heterocycles. The third kappa shape index (κ3) is 5.94. The molecule has 0 aromatic heterocycles. The van der Waals surface area contributed by atoms with Gasteiger partial charge in [-0.1, -0.05) is 61.9 Å². The Morgan fingerprint density at radius 1 is 1.00 bits per heavy atom. The number of hydrogen-bond donors (Lipinski definition) is 3. The number of rotatable bonds is 11.